The van der Waals surface area contributed by atoms with Crippen LogP contribution < -0.4 is 5.32 Å². The third-order valence-electron chi connectivity index (χ3n) is 6.55. The van der Waals surface area contributed by atoms with E-state index in [1.54, 1.807) is 0 Å². The van der Waals surface area contributed by atoms with Crippen LogP contribution in [0.25, 0.3) is 0 Å². The molecule has 0 aromatic heterocycles. The molecule has 1 aromatic carbocycles. The lowest BCUT2D eigenvalue weighted by molar-refractivity contribution is -0.142. The van der Waals surface area contributed by atoms with E-state index in [0.29, 0.717) is 11.9 Å². The monoisotopic (exact) mass is 369 g/mol. The average Bonchev–Trinajstić information content (AvgIpc) is 3.54. The molecule has 1 aromatic rings. The fourth-order valence-corrected chi connectivity index (χ4v) is 4.76. The summed E-state index contributed by atoms with van der Waals surface area (Å²) in [6.45, 7) is 5.28. The van der Waals surface area contributed by atoms with Gasteiger partial charge in [-0.15, -0.1) is 0 Å². The number of amides is 3. The van der Waals surface area contributed by atoms with Crippen molar-refractivity contribution in [2.24, 2.45) is 5.41 Å². The molecule has 5 nitrogen and oxygen atoms in total. The zero-order valence-electron chi connectivity index (χ0n) is 16.3. The lowest BCUT2D eigenvalue weighted by atomic mass is 9.67. The molecular formula is C22H31N3O2. The maximum Gasteiger partial charge on any atom is 0.317 e. The highest BCUT2D eigenvalue weighted by atomic mass is 16.2. The van der Waals surface area contributed by atoms with Gasteiger partial charge >= 0.3 is 6.03 Å². The molecule has 2 saturated heterocycles. The van der Waals surface area contributed by atoms with E-state index < -0.39 is 0 Å². The highest BCUT2D eigenvalue weighted by Crippen LogP contribution is 2.48. The topological polar surface area (TPSA) is 52.7 Å². The van der Waals surface area contributed by atoms with Gasteiger partial charge in [0.2, 0.25) is 5.91 Å². The van der Waals surface area contributed by atoms with Gasteiger partial charge in [-0.1, -0.05) is 37.3 Å². The zero-order chi connectivity index (χ0) is 18.9. The lowest BCUT2D eigenvalue weighted by Gasteiger charge is -2.50. The first-order chi connectivity index (χ1) is 13.1. The molecule has 3 fully saturated rings. The molecule has 1 N–H and O–H groups in total. The Labute approximate surface area is 162 Å². The van der Waals surface area contributed by atoms with Crippen LogP contribution in [0, 0.1) is 5.41 Å². The number of carbonyl (C=O) groups is 2. The van der Waals surface area contributed by atoms with Gasteiger partial charge in [0.05, 0.1) is 5.92 Å². The van der Waals surface area contributed by atoms with Crippen molar-refractivity contribution in [2.75, 3.05) is 26.2 Å². The van der Waals surface area contributed by atoms with Crippen molar-refractivity contribution in [3.63, 3.8) is 0 Å². The number of piperidine rings is 2. The SMILES string of the molecule is CCCNC(=O)N1CCC2(CC1)C[C@H](c1ccccc1)C(=O)N(C1CC1)C2. The molecule has 1 aliphatic carbocycles. The molecule has 1 atom stereocenters. The molecule has 3 amide bonds. The van der Waals surface area contributed by atoms with E-state index in [-0.39, 0.29) is 17.4 Å². The molecule has 0 unspecified atom stereocenters. The summed E-state index contributed by atoms with van der Waals surface area (Å²) in [6, 6.07) is 10.8. The number of urea groups is 1. The Kier molecular flexibility index (Phi) is 5.11. The number of rotatable bonds is 4. The average molecular weight is 370 g/mol. The van der Waals surface area contributed by atoms with Crippen LogP contribution >= 0.6 is 0 Å². The minimum Gasteiger partial charge on any atom is -0.339 e. The number of hydrogen-bond donors (Lipinski definition) is 1. The van der Waals surface area contributed by atoms with E-state index in [2.05, 4.69) is 29.3 Å². The summed E-state index contributed by atoms with van der Waals surface area (Å²) in [4.78, 5) is 29.6. The maximum atomic E-state index is 13.2. The maximum absolute atomic E-state index is 13.2. The minimum atomic E-state index is -0.0268. The van der Waals surface area contributed by atoms with Crippen LogP contribution in [-0.2, 0) is 4.79 Å². The third kappa shape index (κ3) is 3.83. The van der Waals surface area contributed by atoms with Crippen LogP contribution in [0.5, 0.6) is 0 Å². The summed E-state index contributed by atoms with van der Waals surface area (Å²) in [5.74, 6) is 0.290. The first kappa shape index (κ1) is 18.3. The van der Waals surface area contributed by atoms with Gasteiger partial charge in [0.1, 0.15) is 0 Å². The number of carbonyl (C=O) groups excluding carboxylic acids is 2. The standard InChI is InChI=1S/C22H31N3O2/c1-2-12-23-21(27)24-13-10-22(11-14-24)15-19(17-6-4-3-5-7-17)20(26)25(16-22)18-8-9-18/h3-7,18-19H,2,8-16H2,1H3,(H,23,27)/t19-/m1/s1. The van der Waals surface area contributed by atoms with Crippen LogP contribution in [0.15, 0.2) is 30.3 Å². The van der Waals surface area contributed by atoms with Gasteiger partial charge in [-0.25, -0.2) is 4.79 Å². The molecule has 5 heteroatoms. The van der Waals surface area contributed by atoms with Crippen LogP contribution in [0.1, 0.15) is 56.9 Å². The molecule has 0 radical (unpaired) electrons. The Hall–Kier alpha value is -2.04. The fourth-order valence-electron chi connectivity index (χ4n) is 4.76. The van der Waals surface area contributed by atoms with E-state index in [1.807, 2.05) is 23.1 Å². The smallest absolute Gasteiger partial charge is 0.317 e. The van der Waals surface area contributed by atoms with E-state index in [4.69, 9.17) is 0 Å². The van der Waals surface area contributed by atoms with Crippen LogP contribution in [0.3, 0.4) is 0 Å². The second kappa shape index (κ2) is 7.53. The zero-order valence-corrected chi connectivity index (χ0v) is 16.3. The molecule has 2 aliphatic heterocycles. The Bertz CT molecular complexity index is 678. The third-order valence-corrected chi connectivity index (χ3v) is 6.55. The normalized spacial score (nSPS) is 24.9. The molecule has 27 heavy (non-hydrogen) atoms. The second-order valence-electron chi connectivity index (χ2n) is 8.58. The Balaban J connectivity index is 1.49. The van der Waals surface area contributed by atoms with Gasteiger partial charge in [0.25, 0.3) is 0 Å². The predicted molar refractivity (Wildman–Crippen MR) is 105 cm³/mol. The van der Waals surface area contributed by atoms with E-state index >= 15 is 0 Å². The van der Waals surface area contributed by atoms with Crippen molar-refractivity contribution in [1.29, 1.82) is 0 Å². The number of hydrogen-bond acceptors (Lipinski definition) is 2. The van der Waals surface area contributed by atoms with Gasteiger partial charge in [-0.3, -0.25) is 4.79 Å². The summed E-state index contributed by atoms with van der Waals surface area (Å²) in [7, 11) is 0. The molecule has 146 valence electrons. The molecular weight excluding hydrogens is 338 g/mol. The molecule has 4 rings (SSSR count). The van der Waals surface area contributed by atoms with E-state index in [1.165, 1.54) is 0 Å². The first-order valence-corrected chi connectivity index (χ1v) is 10.5. The molecule has 1 spiro atoms. The van der Waals surface area contributed by atoms with Gasteiger partial charge in [-0.2, -0.15) is 0 Å². The van der Waals surface area contributed by atoms with Crippen molar-refractivity contribution in [3.05, 3.63) is 35.9 Å². The molecule has 1 saturated carbocycles. The van der Waals surface area contributed by atoms with Gasteiger partial charge in [0.15, 0.2) is 0 Å². The fraction of sp³-hybridized carbons (Fsp3) is 0.636. The highest BCUT2D eigenvalue weighted by molar-refractivity contribution is 5.85. The van der Waals surface area contributed by atoms with E-state index in [9.17, 15) is 9.59 Å². The Morgan fingerprint density at radius 2 is 1.89 bits per heavy atom. The Morgan fingerprint density at radius 1 is 1.19 bits per heavy atom. The lowest BCUT2D eigenvalue weighted by Crippen LogP contribution is -2.56. The van der Waals surface area contributed by atoms with Gasteiger partial charge < -0.3 is 15.1 Å². The number of nitrogens with one attached hydrogen (secondary N) is 1. The van der Waals surface area contributed by atoms with Gasteiger partial charge in [-0.05, 0) is 49.5 Å². The second-order valence-corrected chi connectivity index (χ2v) is 8.58. The molecule has 2 heterocycles. The summed E-state index contributed by atoms with van der Waals surface area (Å²) in [6.07, 6.45) is 6.16. The number of benzene rings is 1. The summed E-state index contributed by atoms with van der Waals surface area (Å²) >= 11 is 0. The first-order valence-electron chi connectivity index (χ1n) is 10.5. The number of likely N-dealkylation sites (tertiary alicyclic amines) is 2. The van der Waals surface area contributed by atoms with Crippen LogP contribution in [0.4, 0.5) is 4.79 Å². The summed E-state index contributed by atoms with van der Waals surface area (Å²) < 4.78 is 0. The largest absolute Gasteiger partial charge is 0.339 e. The van der Waals surface area contributed by atoms with Crippen LogP contribution in [-0.4, -0.2) is 54.0 Å². The molecule has 3 aliphatic rings. The predicted octanol–water partition coefficient (Wildman–Crippen LogP) is 3.37. The van der Waals surface area contributed by atoms with Crippen molar-refractivity contribution < 1.29 is 9.59 Å². The minimum absolute atomic E-state index is 0.0268. The Morgan fingerprint density at radius 3 is 2.52 bits per heavy atom. The highest BCUT2D eigenvalue weighted by Gasteiger charge is 2.49. The summed E-state index contributed by atoms with van der Waals surface area (Å²) in [5.41, 5.74) is 1.30. The van der Waals surface area contributed by atoms with Crippen molar-refractivity contribution in [3.8, 4) is 0 Å². The van der Waals surface area contributed by atoms with Crippen molar-refractivity contribution in [1.82, 2.24) is 15.1 Å². The van der Waals surface area contributed by atoms with Gasteiger partial charge in [0, 0.05) is 32.2 Å². The van der Waals surface area contributed by atoms with E-state index in [0.717, 1.165) is 70.3 Å². The van der Waals surface area contributed by atoms with Crippen molar-refractivity contribution >= 4 is 11.9 Å². The van der Waals surface area contributed by atoms with Crippen LogP contribution in [0.2, 0.25) is 0 Å². The van der Waals surface area contributed by atoms with Crippen molar-refractivity contribution in [2.45, 2.75) is 57.4 Å². The quantitative estimate of drug-likeness (QED) is 0.885. The number of nitrogens with zero attached hydrogens (tertiary/aromatic N) is 2. The summed E-state index contributed by atoms with van der Waals surface area (Å²) in [5, 5.41) is 2.99. The molecule has 0 bridgehead atoms.